The highest BCUT2D eigenvalue weighted by Gasteiger charge is 2.43. The van der Waals surface area contributed by atoms with Gasteiger partial charge in [-0.3, -0.25) is 0 Å². The highest BCUT2D eigenvalue weighted by Crippen LogP contribution is 2.60. The molecule has 4 saturated heterocycles. The first-order valence-electron chi connectivity index (χ1n) is 11.3. The molecule has 23 heavy (non-hydrogen) atoms. The fraction of sp³-hybridized carbons (Fsp3) is 1.00. The van der Waals surface area contributed by atoms with E-state index in [4.69, 9.17) is 0 Å². The molecule has 0 aromatic rings. The molecule has 2 atom stereocenters. The minimum atomic E-state index is 0.0523. The Balaban J connectivity index is 1.16. The van der Waals surface area contributed by atoms with Crippen molar-refractivity contribution in [1.29, 1.82) is 0 Å². The van der Waals surface area contributed by atoms with Crippen molar-refractivity contribution < 1.29 is 0 Å². The molecule has 0 aromatic heterocycles. The minimum absolute atomic E-state index is 0.0523. The van der Waals surface area contributed by atoms with Gasteiger partial charge >= 0.3 is 0 Å². The van der Waals surface area contributed by atoms with Gasteiger partial charge in [0, 0.05) is 7.92 Å². The van der Waals surface area contributed by atoms with Crippen LogP contribution in [0.5, 0.6) is 0 Å². The lowest BCUT2D eigenvalue weighted by Gasteiger charge is -2.40. The minimum Gasteiger partial charge on any atom is -0.0737 e. The first kappa shape index (κ1) is 16.9. The monoisotopic (exact) mass is 333 g/mol. The Morgan fingerprint density at radius 1 is 0.609 bits per heavy atom. The Morgan fingerprint density at radius 3 is 1.83 bits per heavy atom. The lowest BCUT2D eigenvalue weighted by Crippen LogP contribution is -2.34. The summed E-state index contributed by atoms with van der Waals surface area (Å²) >= 11 is 0. The van der Waals surface area contributed by atoms with E-state index in [0.29, 0.717) is 0 Å². The summed E-state index contributed by atoms with van der Waals surface area (Å²) in [6, 6.07) is 0. The molecular weight excluding hydrogens is 294 g/mol. The van der Waals surface area contributed by atoms with Crippen LogP contribution in [0.25, 0.3) is 0 Å². The lowest BCUT2D eigenvalue weighted by molar-refractivity contribution is 0.440. The Bertz CT molecular complexity index is 319. The van der Waals surface area contributed by atoms with Gasteiger partial charge < -0.3 is 0 Å². The largest absolute Gasteiger partial charge is 0.146 e. The van der Waals surface area contributed by atoms with Crippen molar-refractivity contribution in [3.05, 3.63) is 0 Å². The molecule has 0 amide bonds. The maximum Gasteiger partial charge on any atom is 0.146 e. The van der Waals surface area contributed by atoms with Crippen LogP contribution in [0.2, 0.25) is 18.0 Å². The van der Waals surface area contributed by atoms with Gasteiger partial charge in [0.1, 0.15) is 6.71 Å². The first-order chi connectivity index (χ1) is 11.4. The average molecular weight is 333 g/mol. The van der Waals surface area contributed by atoms with E-state index in [9.17, 15) is 0 Å². The molecule has 0 spiro atoms. The molecule has 4 bridgehead atoms. The second kappa shape index (κ2) is 8.25. The Labute approximate surface area is 146 Å². The van der Waals surface area contributed by atoms with Gasteiger partial charge in [-0.25, -0.2) is 0 Å². The zero-order chi connectivity index (χ0) is 15.5. The molecular formula is C21H39BP+. The Kier molecular flexibility index (Phi) is 6.07. The molecule has 0 nitrogen and oxygen atoms in total. The van der Waals surface area contributed by atoms with Gasteiger partial charge in [-0.05, 0) is 44.9 Å². The van der Waals surface area contributed by atoms with Crippen LogP contribution in [0.1, 0.15) is 96.3 Å². The summed E-state index contributed by atoms with van der Waals surface area (Å²) in [5, 5.41) is 0. The molecule has 0 aliphatic carbocycles. The average Bonchev–Trinajstić information content (AvgIpc) is 2.79. The fourth-order valence-corrected chi connectivity index (χ4v) is 11.5. The van der Waals surface area contributed by atoms with Crippen LogP contribution < -0.4 is 0 Å². The molecule has 0 aromatic carbocycles. The van der Waals surface area contributed by atoms with Gasteiger partial charge in [0.25, 0.3) is 0 Å². The number of hydrogen-bond acceptors (Lipinski definition) is 0. The molecule has 0 saturated carbocycles. The second-order valence-corrected chi connectivity index (χ2v) is 12.8. The summed E-state index contributed by atoms with van der Waals surface area (Å²) in [7, 11) is 0.0523. The molecule has 2 heteroatoms. The molecule has 4 rings (SSSR count). The molecule has 4 fully saturated rings. The third-order valence-corrected chi connectivity index (χ3v) is 12.5. The van der Waals surface area contributed by atoms with Crippen molar-refractivity contribution in [2.45, 2.75) is 126 Å². The van der Waals surface area contributed by atoms with E-state index in [1.807, 2.05) is 0 Å². The van der Waals surface area contributed by atoms with Crippen molar-refractivity contribution in [3.63, 3.8) is 0 Å². The topological polar surface area (TPSA) is 0 Å². The van der Waals surface area contributed by atoms with E-state index in [2.05, 4.69) is 0 Å². The third kappa shape index (κ3) is 4.02. The van der Waals surface area contributed by atoms with Crippen molar-refractivity contribution >= 4 is 14.6 Å². The third-order valence-electron chi connectivity index (χ3n) is 8.28. The van der Waals surface area contributed by atoms with Crippen LogP contribution in [-0.4, -0.2) is 24.2 Å². The van der Waals surface area contributed by atoms with Gasteiger partial charge in [-0.2, -0.15) is 0 Å². The summed E-state index contributed by atoms with van der Waals surface area (Å²) in [4.78, 5) is 0. The first-order valence-corrected chi connectivity index (χ1v) is 13.1. The second-order valence-electron chi connectivity index (χ2n) is 9.48. The smallest absolute Gasteiger partial charge is 0.0737 e. The van der Waals surface area contributed by atoms with E-state index in [1.54, 1.807) is 109 Å². The van der Waals surface area contributed by atoms with Crippen LogP contribution >= 0.6 is 7.92 Å². The van der Waals surface area contributed by atoms with Crippen molar-refractivity contribution in [2.24, 2.45) is 0 Å². The van der Waals surface area contributed by atoms with Gasteiger partial charge in [0.15, 0.2) is 0 Å². The quantitative estimate of drug-likeness (QED) is 0.277. The van der Waals surface area contributed by atoms with Crippen LogP contribution in [0.15, 0.2) is 0 Å². The SMILES string of the molecule is C(CCB1C2CCCC1CCC2)CC[PH+]1C2CCCCC1CC2. The summed E-state index contributed by atoms with van der Waals surface area (Å²) in [5.41, 5.74) is 2.48. The highest BCUT2D eigenvalue weighted by molar-refractivity contribution is 7.59. The molecule has 2 unspecified atom stereocenters. The number of hydrogen-bond donors (Lipinski definition) is 0. The normalized spacial score (nSPS) is 40.2. The van der Waals surface area contributed by atoms with Crippen LogP contribution in [0.3, 0.4) is 0 Å². The summed E-state index contributed by atoms with van der Waals surface area (Å²) in [6.07, 6.45) is 27.1. The van der Waals surface area contributed by atoms with E-state index >= 15 is 0 Å². The summed E-state index contributed by atoms with van der Waals surface area (Å²) in [5.74, 6) is 2.29. The van der Waals surface area contributed by atoms with Gasteiger partial charge in [0.05, 0.1) is 17.5 Å². The van der Waals surface area contributed by atoms with Crippen LogP contribution in [0.4, 0.5) is 0 Å². The van der Waals surface area contributed by atoms with Gasteiger partial charge in [-0.15, -0.1) is 0 Å². The van der Waals surface area contributed by atoms with E-state index in [-0.39, 0.29) is 7.92 Å². The van der Waals surface area contributed by atoms with E-state index in [1.165, 1.54) is 11.3 Å². The molecule has 130 valence electrons. The predicted octanol–water partition coefficient (Wildman–Crippen LogP) is 7.08. The number of fused-ring (bicyclic) bond motifs is 4. The lowest BCUT2D eigenvalue weighted by atomic mass is 9.26. The van der Waals surface area contributed by atoms with Crippen molar-refractivity contribution in [3.8, 4) is 0 Å². The molecule has 0 radical (unpaired) electrons. The van der Waals surface area contributed by atoms with Crippen LogP contribution in [0, 0.1) is 0 Å². The maximum atomic E-state index is 1.69. The molecule has 4 aliphatic rings. The predicted molar refractivity (Wildman–Crippen MR) is 108 cm³/mol. The summed E-state index contributed by atoms with van der Waals surface area (Å²) in [6.45, 7) is 1.15. The zero-order valence-electron chi connectivity index (χ0n) is 15.4. The maximum absolute atomic E-state index is 1.69. The van der Waals surface area contributed by atoms with Crippen molar-refractivity contribution in [1.82, 2.24) is 0 Å². The number of unbranched alkanes of at least 4 members (excludes halogenated alkanes) is 2. The van der Waals surface area contributed by atoms with Crippen LogP contribution in [-0.2, 0) is 0 Å². The molecule has 4 aliphatic heterocycles. The van der Waals surface area contributed by atoms with E-state index in [0.717, 1.165) is 18.3 Å². The fourth-order valence-electron chi connectivity index (χ4n) is 7.13. The highest BCUT2D eigenvalue weighted by atomic mass is 31.1. The van der Waals surface area contributed by atoms with Gasteiger partial charge in [0.2, 0.25) is 0 Å². The Hall–Kier alpha value is 0.495. The number of rotatable bonds is 6. The van der Waals surface area contributed by atoms with Gasteiger partial charge in [-0.1, -0.05) is 69.3 Å². The zero-order valence-corrected chi connectivity index (χ0v) is 16.4. The molecule has 4 heterocycles. The van der Waals surface area contributed by atoms with Crippen molar-refractivity contribution in [2.75, 3.05) is 6.16 Å². The standard InChI is InChI=1S/C21H38BP/c1(4-16-22-18-8-6-9-19(22)11-7-10-18)5-17-23-20-12-2-3-13-21(23)15-14-20/h18-21H,1-17H2/p+1. The molecule has 0 N–H and O–H groups in total. The summed E-state index contributed by atoms with van der Waals surface area (Å²) < 4.78 is 0. The Morgan fingerprint density at radius 2 is 1.22 bits per heavy atom. The van der Waals surface area contributed by atoms with E-state index < -0.39 is 0 Å².